The number of anilines is 1. The summed E-state index contributed by atoms with van der Waals surface area (Å²) in [5.74, 6) is 0.712. The zero-order valence-electron chi connectivity index (χ0n) is 11.6. The van der Waals surface area contributed by atoms with Gasteiger partial charge in [-0.25, -0.2) is 4.98 Å². The number of nitrogens with one attached hydrogen (secondary N) is 1. The van der Waals surface area contributed by atoms with E-state index in [0.29, 0.717) is 11.4 Å². The fourth-order valence-electron chi connectivity index (χ4n) is 2.60. The van der Waals surface area contributed by atoms with E-state index in [2.05, 4.69) is 21.5 Å². The van der Waals surface area contributed by atoms with Gasteiger partial charge in [0.25, 0.3) is 0 Å². The number of nitriles is 1. The lowest BCUT2D eigenvalue weighted by Crippen LogP contribution is -2.09. The molecule has 0 aromatic carbocycles. The van der Waals surface area contributed by atoms with Crippen LogP contribution in [0.5, 0.6) is 0 Å². The molecule has 0 atom stereocenters. The minimum Gasteiger partial charge on any atom is -0.369 e. The van der Waals surface area contributed by atoms with Crippen molar-refractivity contribution in [3.8, 4) is 6.07 Å². The summed E-state index contributed by atoms with van der Waals surface area (Å²) >= 11 is 0. The maximum absolute atomic E-state index is 9.22. The van der Waals surface area contributed by atoms with E-state index in [4.69, 9.17) is 0 Å². The lowest BCUT2D eigenvalue weighted by Gasteiger charge is -2.09. The van der Waals surface area contributed by atoms with Crippen molar-refractivity contribution < 1.29 is 0 Å². The Morgan fingerprint density at radius 3 is 3.10 bits per heavy atom. The molecule has 3 rings (SSSR count). The molecule has 20 heavy (non-hydrogen) atoms. The molecule has 2 aromatic rings. The Morgan fingerprint density at radius 2 is 2.35 bits per heavy atom. The molecule has 2 aromatic heterocycles. The molecule has 0 saturated carbocycles. The minimum absolute atomic E-state index is 0.645. The van der Waals surface area contributed by atoms with Gasteiger partial charge in [0.05, 0.1) is 11.3 Å². The molecular weight excluding hydrogens is 250 g/mol. The first-order chi connectivity index (χ1) is 9.76. The second-order valence-corrected chi connectivity index (χ2v) is 5.11. The number of rotatable bonds is 4. The molecule has 0 radical (unpaired) electrons. The summed E-state index contributed by atoms with van der Waals surface area (Å²) in [5.41, 5.74) is 4.06. The van der Waals surface area contributed by atoms with Crippen molar-refractivity contribution in [3.63, 3.8) is 0 Å². The van der Waals surface area contributed by atoms with Crippen molar-refractivity contribution in [1.82, 2.24) is 14.8 Å². The van der Waals surface area contributed by atoms with Gasteiger partial charge in [-0.05, 0) is 37.0 Å². The maximum Gasteiger partial charge on any atom is 0.144 e. The number of aryl methyl sites for hydroxylation is 3. The molecule has 1 aliphatic rings. The van der Waals surface area contributed by atoms with E-state index < -0.39 is 0 Å². The van der Waals surface area contributed by atoms with Crippen LogP contribution in [0.4, 0.5) is 5.82 Å². The van der Waals surface area contributed by atoms with Crippen LogP contribution in [0, 0.1) is 11.3 Å². The van der Waals surface area contributed by atoms with Crippen molar-refractivity contribution in [3.05, 3.63) is 40.8 Å². The maximum atomic E-state index is 9.22. The van der Waals surface area contributed by atoms with Crippen LogP contribution in [0.1, 0.15) is 28.9 Å². The number of aromatic nitrogens is 3. The fraction of sp³-hybridized carbons (Fsp3) is 0.400. The van der Waals surface area contributed by atoms with Crippen molar-refractivity contribution in [2.45, 2.75) is 25.7 Å². The van der Waals surface area contributed by atoms with Gasteiger partial charge in [-0.1, -0.05) is 0 Å². The van der Waals surface area contributed by atoms with E-state index in [1.165, 1.54) is 5.56 Å². The highest BCUT2D eigenvalue weighted by Crippen LogP contribution is 2.24. The monoisotopic (exact) mass is 267 g/mol. The summed E-state index contributed by atoms with van der Waals surface area (Å²) in [6.07, 6.45) is 5.97. The van der Waals surface area contributed by atoms with Gasteiger partial charge in [-0.3, -0.25) is 4.68 Å². The summed E-state index contributed by atoms with van der Waals surface area (Å²) < 4.78 is 1.80. The van der Waals surface area contributed by atoms with E-state index >= 15 is 0 Å². The number of pyridine rings is 1. The van der Waals surface area contributed by atoms with Crippen LogP contribution in [0.3, 0.4) is 0 Å². The average Bonchev–Trinajstić information content (AvgIpc) is 3.06. The molecule has 0 fully saturated rings. The molecule has 0 spiro atoms. The molecule has 102 valence electrons. The average molecular weight is 267 g/mol. The highest BCUT2D eigenvalue weighted by molar-refractivity contribution is 5.55. The van der Waals surface area contributed by atoms with E-state index in [1.807, 2.05) is 25.4 Å². The van der Waals surface area contributed by atoms with Gasteiger partial charge >= 0.3 is 0 Å². The molecule has 1 N–H and O–H groups in total. The zero-order chi connectivity index (χ0) is 13.9. The second-order valence-electron chi connectivity index (χ2n) is 5.11. The summed E-state index contributed by atoms with van der Waals surface area (Å²) in [5, 5.41) is 16.8. The summed E-state index contributed by atoms with van der Waals surface area (Å²) in [4.78, 5) is 4.60. The molecule has 0 saturated heterocycles. The molecule has 0 unspecified atom stereocenters. The topological polar surface area (TPSA) is 66.5 Å². The Kier molecular flexibility index (Phi) is 3.38. The standard InChI is InChI=1S/C15H17N5/c1-20-8-6-13(19-20)5-7-17-15-12(10-16)9-11-3-2-4-14(11)18-15/h6,8-9H,2-5,7H2,1H3,(H,17,18). The van der Waals surface area contributed by atoms with Gasteiger partial charge in [0, 0.05) is 31.9 Å². The van der Waals surface area contributed by atoms with Gasteiger partial charge < -0.3 is 5.32 Å². The van der Waals surface area contributed by atoms with Crippen LogP contribution in [-0.2, 0) is 26.3 Å². The Hall–Kier alpha value is -2.35. The normalized spacial score (nSPS) is 13.0. The van der Waals surface area contributed by atoms with Gasteiger partial charge in [0.1, 0.15) is 11.9 Å². The van der Waals surface area contributed by atoms with Crippen LogP contribution in [0.25, 0.3) is 0 Å². The third-order valence-electron chi connectivity index (χ3n) is 3.61. The van der Waals surface area contributed by atoms with Crippen LogP contribution >= 0.6 is 0 Å². The van der Waals surface area contributed by atoms with Crippen molar-refractivity contribution in [2.75, 3.05) is 11.9 Å². The molecule has 5 nitrogen and oxygen atoms in total. The van der Waals surface area contributed by atoms with Crippen LogP contribution in [0.2, 0.25) is 0 Å². The zero-order valence-corrected chi connectivity index (χ0v) is 11.6. The molecular formula is C15H17N5. The van der Waals surface area contributed by atoms with Gasteiger partial charge in [-0.15, -0.1) is 0 Å². The quantitative estimate of drug-likeness (QED) is 0.917. The van der Waals surface area contributed by atoms with E-state index in [9.17, 15) is 5.26 Å². The Labute approximate surface area is 118 Å². The predicted octanol–water partition coefficient (Wildman–Crippen LogP) is 1.83. The van der Waals surface area contributed by atoms with Crippen LogP contribution < -0.4 is 5.32 Å². The van der Waals surface area contributed by atoms with Crippen LogP contribution in [-0.4, -0.2) is 21.3 Å². The first-order valence-corrected chi connectivity index (χ1v) is 6.91. The van der Waals surface area contributed by atoms with E-state index in [-0.39, 0.29) is 0 Å². The predicted molar refractivity (Wildman–Crippen MR) is 76.4 cm³/mol. The number of nitrogens with zero attached hydrogens (tertiary/aromatic N) is 4. The van der Waals surface area contributed by atoms with Crippen molar-refractivity contribution >= 4 is 5.82 Å². The van der Waals surface area contributed by atoms with Gasteiger partial charge in [-0.2, -0.15) is 10.4 Å². The SMILES string of the molecule is Cn1ccc(CCNc2nc3c(cc2C#N)CCC3)n1. The second kappa shape index (κ2) is 5.33. The van der Waals surface area contributed by atoms with Crippen molar-refractivity contribution in [2.24, 2.45) is 7.05 Å². The van der Waals surface area contributed by atoms with E-state index in [1.54, 1.807) is 4.68 Å². The number of fused-ring (bicyclic) bond motifs is 1. The molecule has 0 amide bonds. The summed E-state index contributed by atoms with van der Waals surface area (Å²) in [7, 11) is 1.91. The lowest BCUT2D eigenvalue weighted by atomic mass is 10.1. The first kappa shape index (κ1) is 12.7. The van der Waals surface area contributed by atoms with Crippen LogP contribution in [0.15, 0.2) is 18.3 Å². The Bertz CT molecular complexity index is 665. The summed E-state index contributed by atoms with van der Waals surface area (Å²) in [6, 6.07) is 6.22. The Balaban J connectivity index is 1.69. The molecule has 1 aliphatic carbocycles. The highest BCUT2D eigenvalue weighted by atomic mass is 15.2. The van der Waals surface area contributed by atoms with Crippen molar-refractivity contribution in [1.29, 1.82) is 5.26 Å². The smallest absolute Gasteiger partial charge is 0.144 e. The molecule has 2 heterocycles. The third kappa shape index (κ3) is 2.50. The minimum atomic E-state index is 0.645. The van der Waals surface area contributed by atoms with Gasteiger partial charge in [0.2, 0.25) is 0 Å². The van der Waals surface area contributed by atoms with Gasteiger partial charge in [0.15, 0.2) is 0 Å². The summed E-state index contributed by atoms with van der Waals surface area (Å²) in [6.45, 7) is 0.734. The Morgan fingerprint density at radius 1 is 1.45 bits per heavy atom. The third-order valence-corrected chi connectivity index (χ3v) is 3.61. The lowest BCUT2D eigenvalue weighted by molar-refractivity contribution is 0.742. The molecule has 0 bridgehead atoms. The fourth-order valence-corrected chi connectivity index (χ4v) is 2.60. The highest BCUT2D eigenvalue weighted by Gasteiger charge is 2.16. The molecule has 0 aliphatic heterocycles. The first-order valence-electron chi connectivity index (χ1n) is 6.91. The molecule has 5 heteroatoms. The number of hydrogen-bond donors (Lipinski definition) is 1. The number of hydrogen-bond acceptors (Lipinski definition) is 4. The van der Waals surface area contributed by atoms with E-state index in [0.717, 1.165) is 43.6 Å². The largest absolute Gasteiger partial charge is 0.369 e.